The first kappa shape index (κ1) is 13.2. The van der Waals surface area contributed by atoms with Crippen LogP contribution in [0.25, 0.3) is 0 Å². The van der Waals surface area contributed by atoms with Gasteiger partial charge in [0.2, 0.25) is 0 Å². The maximum absolute atomic E-state index is 12.1. The number of nitrogens with one attached hydrogen (secondary N) is 1. The molecule has 98 valence electrons. The Hall–Kier alpha value is -0.220. The summed E-state index contributed by atoms with van der Waals surface area (Å²) in [5, 5.41) is 13.3. The molecule has 2 rings (SSSR count). The van der Waals surface area contributed by atoms with E-state index in [1.165, 1.54) is 12.8 Å². The highest BCUT2D eigenvalue weighted by atomic mass is 32.2. The lowest BCUT2D eigenvalue weighted by Gasteiger charge is -2.34. The van der Waals surface area contributed by atoms with E-state index in [4.69, 9.17) is 0 Å². The van der Waals surface area contributed by atoms with Crippen molar-refractivity contribution in [2.24, 2.45) is 5.92 Å². The van der Waals surface area contributed by atoms with Crippen LogP contribution in [-0.2, 0) is 4.79 Å². The van der Waals surface area contributed by atoms with Crippen molar-refractivity contribution in [3.63, 3.8) is 0 Å². The van der Waals surface area contributed by atoms with Gasteiger partial charge < -0.3 is 10.4 Å². The summed E-state index contributed by atoms with van der Waals surface area (Å²) in [6.07, 6.45) is 5.73. The van der Waals surface area contributed by atoms with Crippen molar-refractivity contribution in [2.75, 3.05) is 11.5 Å². The predicted octanol–water partition coefficient (Wildman–Crippen LogP) is 1.94. The Morgan fingerprint density at radius 3 is 2.41 bits per heavy atom. The van der Waals surface area contributed by atoms with Gasteiger partial charge in [-0.15, -0.1) is 0 Å². The fourth-order valence-electron chi connectivity index (χ4n) is 2.66. The molecular weight excluding hydrogens is 234 g/mol. The number of thioether (sulfide) groups is 1. The van der Waals surface area contributed by atoms with E-state index in [2.05, 4.69) is 12.2 Å². The fourth-order valence-corrected chi connectivity index (χ4v) is 3.83. The minimum absolute atomic E-state index is 0.127. The first-order valence-corrected chi connectivity index (χ1v) is 7.87. The smallest absolute Gasteiger partial charge is 0.252 e. The Labute approximate surface area is 108 Å². The number of hydrogen-bond acceptors (Lipinski definition) is 3. The van der Waals surface area contributed by atoms with Gasteiger partial charge in [0, 0.05) is 6.04 Å². The summed E-state index contributed by atoms with van der Waals surface area (Å²) >= 11 is 1.82. The first-order chi connectivity index (χ1) is 8.10. The van der Waals surface area contributed by atoms with Gasteiger partial charge in [0.1, 0.15) is 5.60 Å². The second-order valence-corrected chi connectivity index (χ2v) is 6.80. The SMILES string of the molecule is CC1CCC(NC(=O)C2(O)CCSCC2)CC1. The van der Waals surface area contributed by atoms with Crippen LogP contribution >= 0.6 is 11.8 Å². The summed E-state index contributed by atoms with van der Waals surface area (Å²) in [6.45, 7) is 2.27. The normalized spacial score (nSPS) is 33.1. The van der Waals surface area contributed by atoms with E-state index in [1.54, 1.807) is 0 Å². The minimum atomic E-state index is -1.09. The van der Waals surface area contributed by atoms with Crippen LogP contribution in [-0.4, -0.2) is 34.2 Å². The van der Waals surface area contributed by atoms with E-state index in [0.29, 0.717) is 12.8 Å². The van der Waals surface area contributed by atoms with E-state index in [1.807, 2.05) is 11.8 Å². The van der Waals surface area contributed by atoms with Crippen molar-refractivity contribution in [2.45, 2.75) is 57.1 Å². The Morgan fingerprint density at radius 2 is 1.82 bits per heavy atom. The third kappa shape index (κ3) is 3.38. The zero-order valence-electron chi connectivity index (χ0n) is 10.6. The van der Waals surface area contributed by atoms with Crippen molar-refractivity contribution >= 4 is 17.7 Å². The summed E-state index contributed by atoms with van der Waals surface area (Å²) in [6, 6.07) is 0.289. The molecule has 0 aromatic rings. The van der Waals surface area contributed by atoms with Crippen molar-refractivity contribution in [3.05, 3.63) is 0 Å². The number of aliphatic hydroxyl groups is 1. The van der Waals surface area contributed by atoms with Crippen LogP contribution in [0.15, 0.2) is 0 Å². The zero-order valence-corrected chi connectivity index (χ0v) is 11.4. The van der Waals surface area contributed by atoms with Crippen LogP contribution in [0.5, 0.6) is 0 Å². The average molecular weight is 257 g/mol. The maximum Gasteiger partial charge on any atom is 0.252 e. The van der Waals surface area contributed by atoms with Crippen LogP contribution in [0.3, 0.4) is 0 Å². The maximum atomic E-state index is 12.1. The highest BCUT2D eigenvalue weighted by Crippen LogP contribution is 2.28. The standard InChI is InChI=1S/C13H23NO2S/c1-10-2-4-11(5-3-10)14-12(15)13(16)6-8-17-9-7-13/h10-11,16H,2-9H2,1H3,(H,14,15). The molecule has 1 amide bonds. The molecule has 1 saturated carbocycles. The average Bonchev–Trinajstić information content (AvgIpc) is 2.33. The molecule has 1 aliphatic carbocycles. The molecule has 2 aliphatic rings. The number of rotatable bonds is 2. The highest BCUT2D eigenvalue weighted by molar-refractivity contribution is 7.99. The topological polar surface area (TPSA) is 49.3 Å². The van der Waals surface area contributed by atoms with Gasteiger partial charge in [0.05, 0.1) is 0 Å². The predicted molar refractivity (Wildman–Crippen MR) is 71.1 cm³/mol. The molecule has 1 aliphatic heterocycles. The van der Waals surface area contributed by atoms with Gasteiger partial charge in [-0.2, -0.15) is 11.8 Å². The van der Waals surface area contributed by atoms with Gasteiger partial charge in [-0.3, -0.25) is 4.79 Å². The van der Waals surface area contributed by atoms with Crippen molar-refractivity contribution in [1.82, 2.24) is 5.32 Å². The molecule has 1 heterocycles. The quantitative estimate of drug-likeness (QED) is 0.795. The van der Waals surface area contributed by atoms with Gasteiger partial charge in [0.15, 0.2) is 0 Å². The summed E-state index contributed by atoms with van der Waals surface area (Å²) in [5.41, 5.74) is -1.09. The van der Waals surface area contributed by atoms with Crippen molar-refractivity contribution < 1.29 is 9.90 Å². The summed E-state index contributed by atoms with van der Waals surface area (Å²) in [7, 11) is 0. The van der Waals surface area contributed by atoms with E-state index in [0.717, 1.165) is 30.3 Å². The number of carbonyl (C=O) groups excluding carboxylic acids is 1. The summed E-state index contributed by atoms with van der Waals surface area (Å²) in [5.74, 6) is 2.45. The third-order valence-electron chi connectivity index (χ3n) is 4.09. The number of carbonyl (C=O) groups is 1. The van der Waals surface area contributed by atoms with Gasteiger partial charge in [-0.05, 0) is 55.9 Å². The Balaban J connectivity index is 1.83. The van der Waals surface area contributed by atoms with Gasteiger partial charge in [0.25, 0.3) is 5.91 Å². The second kappa shape index (κ2) is 5.61. The first-order valence-electron chi connectivity index (χ1n) is 6.71. The van der Waals surface area contributed by atoms with E-state index in [9.17, 15) is 9.90 Å². The molecular formula is C13H23NO2S. The van der Waals surface area contributed by atoms with Crippen LogP contribution in [0.1, 0.15) is 45.4 Å². The molecule has 0 aromatic carbocycles. The molecule has 3 nitrogen and oxygen atoms in total. The van der Waals surface area contributed by atoms with Crippen LogP contribution in [0, 0.1) is 5.92 Å². The lowest BCUT2D eigenvalue weighted by molar-refractivity contribution is -0.141. The van der Waals surface area contributed by atoms with E-state index in [-0.39, 0.29) is 11.9 Å². The van der Waals surface area contributed by atoms with Crippen LogP contribution in [0.4, 0.5) is 0 Å². The highest BCUT2D eigenvalue weighted by Gasteiger charge is 2.38. The number of hydrogen-bond donors (Lipinski definition) is 2. The number of amides is 1. The molecule has 0 unspecified atom stereocenters. The van der Waals surface area contributed by atoms with Crippen molar-refractivity contribution in [1.29, 1.82) is 0 Å². The van der Waals surface area contributed by atoms with Gasteiger partial charge in [-0.25, -0.2) is 0 Å². The zero-order chi connectivity index (χ0) is 12.3. The van der Waals surface area contributed by atoms with Crippen LogP contribution < -0.4 is 5.32 Å². The monoisotopic (exact) mass is 257 g/mol. The van der Waals surface area contributed by atoms with E-state index < -0.39 is 5.60 Å². The minimum Gasteiger partial charge on any atom is -0.380 e. The lowest BCUT2D eigenvalue weighted by atomic mass is 9.86. The molecule has 1 saturated heterocycles. The van der Waals surface area contributed by atoms with E-state index >= 15 is 0 Å². The summed E-state index contributed by atoms with van der Waals surface area (Å²) < 4.78 is 0. The molecule has 0 radical (unpaired) electrons. The molecule has 0 spiro atoms. The molecule has 0 aromatic heterocycles. The molecule has 2 N–H and O–H groups in total. The lowest BCUT2D eigenvalue weighted by Crippen LogP contribution is -2.52. The Morgan fingerprint density at radius 1 is 1.24 bits per heavy atom. The molecule has 0 bridgehead atoms. The van der Waals surface area contributed by atoms with Gasteiger partial charge in [-0.1, -0.05) is 6.92 Å². The third-order valence-corrected chi connectivity index (χ3v) is 5.08. The fraction of sp³-hybridized carbons (Fsp3) is 0.923. The Bertz CT molecular complexity index is 269. The molecule has 0 atom stereocenters. The molecule has 4 heteroatoms. The summed E-state index contributed by atoms with van der Waals surface area (Å²) in [4.78, 5) is 12.1. The van der Waals surface area contributed by atoms with Crippen molar-refractivity contribution in [3.8, 4) is 0 Å². The Kier molecular flexibility index (Phi) is 4.36. The molecule has 17 heavy (non-hydrogen) atoms. The molecule has 2 fully saturated rings. The van der Waals surface area contributed by atoms with Crippen LogP contribution in [0.2, 0.25) is 0 Å². The largest absolute Gasteiger partial charge is 0.380 e. The van der Waals surface area contributed by atoms with Gasteiger partial charge >= 0.3 is 0 Å². The second-order valence-electron chi connectivity index (χ2n) is 5.57.